The van der Waals surface area contributed by atoms with Crippen LogP contribution in [0.15, 0.2) is 22.7 Å². The van der Waals surface area contributed by atoms with Crippen LogP contribution in [0.5, 0.6) is 5.75 Å². The molecule has 1 aromatic rings. The lowest BCUT2D eigenvalue weighted by Gasteiger charge is -2.06. The minimum absolute atomic E-state index is 0.618. The van der Waals surface area contributed by atoms with Crippen molar-refractivity contribution in [2.75, 3.05) is 13.0 Å². The third-order valence-electron chi connectivity index (χ3n) is 1.61. The number of ether oxygens (including phenoxy) is 1. The molecule has 1 rings (SSSR count). The average Bonchev–Trinajstić information content (AvgIpc) is 2.05. The molecule has 1 nitrogen and oxygen atoms in total. The molecular formula is C9H10BrClO. The van der Waals surface area contributed by atoms with Crippen LogP contribution in [0, 0.1) is 0 Å². The van der Waals surface area contributed by atoms with Gasteiger partial charge >= 0.3 is 0 Å². The molecular weight excluding hydrogens is 239 g/mol. The molecule has 0 aliphatic heterocycles. The zero-order chi connectivity index (χ0) is 8.97. The number of halogens is 2. The van der Waals surface area contributed by atoms with Crippen molar-refractivity contribution in [1.82, 2.24) is 0 Å². The Morgan fingerprint density at radius 1 is 1.50 bits per heavy atom. The quantitative estimate of drug-likeness (QED) is 0.747. The van der Waals surface area contributed by atoms with Gasteiger partial charge in [0.05, 0.1) is 7.11 Å². The van der Waals surface area contributed by atoms with E-state index >= 15 is 0 Å². The monoisotopic (exact) mass is 248 g/mol. The molecule has 0 spiro atoms. The topological polar surface area (TPSA) is 9.23 Å². The second-order valence-corrected chi connectivity index (χ2v) is 3.69. The van der Waals surface area contributed by atoms with Crippen molar-refractivity contribution >= 4 is 27.5 Å². The first-order valence-electron chi connectivity index (χ1n) is 3.66. The minimum atomic E-state index is 0.618. The Balaban J connectivity index is 2.95. The lowest BCUT2D eigenvalue weighted by Crippen LogP contribution is -1.92. The predicted octanol–water partition coefficient (Wildman–Crippen LogP) is 3.24. The van der Waals surface area contributed by atoms with Gasteiger partial charge in [-0.1, -0.05) is 15.9 Å². The molecule has 0 atom stereocenters. The summed E-state index contributed by atoms with van der Waals surface area (Å²) in [6.07, 6.45) is 0.837. The summed E-state index contributed by atoms with van der Waals surface area (Å²) in [4.78, 5) is 0. The standard InChI is InChI=1S/C9H10BrClO/c1-12-9-3-2-8(10)6-7(9)4-5-11/h2-3,6H,4-5H2,1H3. The summed E-state index contributed by atoms with van der Waals surface area (Å²) in [5.41, 5.74) is 1.14. The SMILES string of the molecule is COc1ccc(Br)cc1CCCl. The Morgan fingerprint density at radius 2 is 2.25 bits per heavy atom. The highest BCUT2D eigenvalue weighted by Crippen LogP contribution is 2.23. The lowest BCUT2D eigenvalue weighted by molar-refractivity contribution is 0.410. The van der Waals surface area contributed by atoms with Gasteiger partial charge in [-0.25, -0.2) is 0 Å². The van der Waals surface area contributed by atoms with Gasteiger partial charge in [-0.05, 0) is 30.2 Å². The number of rotatable bonds is 3. The smallest absolute Gasteiger partial charge is 0.122 e. The van der Waals surface area contributed by atoms with Gasteiger partial charge in [-0.3, -0.25) is 0 Å². The van der Waals surface area contributed by atoms with Gasteiger partial charge in [0.2, 0.25) is 0 Å². The van der Waals surface area contributed by atoms with E-state index in [2.05, 4.69) is 15.9 Å². The van der Waals surface area contributed by atoms with E-state index in [9.17, 15) is 0 Å². The fraction of sp³-hybridized carbons (Fsp3) is 0.333. The van der Waals surface area contributed by atoms with Crippen LogP contribution in [-0.4, -0.2) is 13.0 Å². The van der Waals surface area contributed by atoms with Gasteiger partial charge in [-0.2, -0.15) is 0 Å². The Hall–Kier alpha value is -0.210. The number of aryl methyl sites for hydroxylation is 1. The Morgan fingerprint density at radius 3 is 2.83 bits per heavy atom. The number of methoxy groups -OCH3 is 1. The van der Waals surface area contributed by atoms with Crippen LogP contribution in [0.25, 0.3) is 0 Å². The third kappa shape index (κ3) is 2.39. The second-order valence-electron chi connectivity index (χ2n) is 2.40. The molecule has 12 heavy (non-hydrogen) atoms. The van der Waals surface area contributed by atoms with E-state index in [1.165, 1.54) is 0 Å². The van der Waals surface area contributed by atoms with Crippen LogP contribution in [0.1, 0.15) is 5.56 Å². The van der Waals surface area contributed by atoms with E-state index in [0.717, 1.165) is 22.2 Å². The molecule has 0 fully saturated rings. The molecule has 0 bridgehead atoms. The van der Waals surface area contributed by atoms with Crippen molar-refractivity contribution in [3.05, 3.63) is 28.2 Å². The van der Waals surface area contributed by atoms with Crippen molar-refractivity contribution in [2.45, 2.75) is 6.42 Å². The molecule has 0 N–H and O–H groups in total. The highest BCUT2D eigenvalue weighted by atomic mass is 79.9. The average molecular weight is 250 g/mol. The van der Waals surface area contributed by atoms with Gasteiger partial charge in [0.25, 0.3) is 0 Å². The molecule has 0 unspecified atom stereocenters. The Bertz CT molecular complexity index is 263. The summed E-state index contributed by atoms with van der Waals surface area (Å²) in [6.45, 7) is 0. The number of alkyl halides is 1. The van der Waals surface area contributed by atoms with Crippen molar-refractivity contribution < 1.29 is 4.74 Å². The van der Waals surface area contributed by atoms with Crippen LogP contribution in [0.4, 0.5) is 0 Å². The predicted molar refractivity (Wildman–Crippen MR) is 55.1 cm³/mol. The van der Waals surface area contributed by atoms with Gasteiger partial charge in [-0.15, -0.1) is 11.6 Å². The van der Waals surface area contributed by atoms with E-state index < -0.39 is 0 Å². The molecule has 3 heteroatoms. The van der Waals surface area contributed by atoms with E-state index in [-0.39, 0.29) is 0 Å². The maximum absolute atomic E-state index is 5.65. The molecule has 0 aromatic heterocycles. The molecule has 0 aliphatic carbocycles. The first kappa shape index (κ1) is 9.87. The highest BCUT2D eigenvalue weighted by Gasteiger charge is 2.01. The summed E-state index contributed by atoms with van der Waals surface area (Å²) in [5.74, 6) is 1.52. The van der Waals surface area contributed by atoms with Gasteiger partial charge in [0, 0.05) is 10.4 Å². The lowest BCUT2D eigenvalue weighted by atomic mass is 10.1. The molecule has 0 heterocycles. The fourth-order valence-electron chi connectivity index (χ4n) is 1.04. The molecule has 66 valence electrons. The van der Waals surface area contributed by atoms with Crippen LogP contribution in [0.3, 0.4) is 0 Å². The molecule has 0 saturated carbocycles. The van der Waals surface area contributed by atoms with Crippen molar-refractivity contribution in [2.24, 2.45) is 0 Å². The number of benzene rings is 1. The normalized spacial score (nSPS) is 9.92. The first-order chi connectivity index (χ1) is 5.77. The summed E-state index contributed by atoms with van der Waals surface area (Å²) < 4.78 is 6.23. The summed E-state index contributed by atoms with van der Waals surface area (Å²) in [6, 6.07) is 5.92. The maximum atomic E-state index is 5.65. The van der Waals surface area contributed by atoms with Crippen molar-refractivity contribution in [3.8, 4) is 5.75 Å². The van der Waals surface area contributed by atoms with E-state index in [4.69, 9.17) is 16.3 Å². The van der Waals surface area contributed by atoms with E-state index in [0.29, 0.717) is 5.88 Å². The third-order valence-corrected chi connectivity index (χ3v) is 2.29. The largest absolute Gasteiger partial charge is 0.496 e. The van der Waals surface area contributed by atoms with Crippen LogP contribution >= 0.6 is 27.5 Å². The van der Waals surface area contributed by atoms with Crippen LogP contribution in [-0.2, 0) is 6.42 Å². The zero-order valence-corrected chi connectivity index (χ0v) is 9.15. The van der Waals surface area contributed by atoms with E-state index in [1.807, 2.05) is 18.2 Å². The van der Waals surface area contributed by atoms with Crippen LogP contribution < -0.4 is 4.74 Å². The van der Waals surface area contributed by atoms with Gasteiger partial charge in [0.1, 0.15) is 5.75 Å². The minimum Gasteiger partial charge on any atom is -0.496 e. The Labute approximate surface area is 85.8 Å². The molecule has 0 saturated heterocycles. The summed E-state index contributed by atoms with van der Waals surface area (Å²) >= 11 is 9.04. The second kappa shape index (κ2) is 4.73. The molecule has 1 aromatic carbocycles. The van der Waals surface area contributed by atoms with Crippen LogP contribution in [0.2, 0.25) is 0 Å². The molecule has 0 radical (unpaired) electrons. The number of hydrogen-bond acceptors (Lipinski definition) is 1. The molecule has 0 amide bonds. The first-order valence-corrected chi connectivity index (χ1v) is 4.99. The van der Waals surface area contributed by atoms with Crippen molar-refractivity contribution in [1.29, 1.82) is 0 Å². The molecule has 0 aliphatic rings. The zero-order valence-electron chi connectivity index (χ0n) is 6.81. The Kier molecular flexibility index (Phi) is 3.89. The highest BCUT2D eigenvalue weighted by molar-refractivity contribution is 9.10. The maximum Gasteiger partial charge on any atom is 0.122 e. The number of hydrogen-bond donors (Lipinski definition) is 0. The summed E-state index contributed by atoms with van der Waals surface area (Å²) in [7, 11) is 1.67. The fourth-order valence-corrected chi connectivity index (χ4v) is 1.66. The van der Waals surface area contributed by atoms with Crippen molar-refractivity contribution in [3.63, 3.8) is 0 Å². The van der Waals surface area contributed by atoms with Gasteiger partial charge < -0.3 is 4.74 Å². The van der Waals surface area contributed by atoms with E-state index in [1.54, 1.807) is 7.11 Å². The summed E-state index contributed by atoms with van der Waals surface area (Å²) in [5, 5.41) is 0. The van der Waals surface area contributed by atoms with Gasteiger partial charge in [0.15, 0.2) is 0 Å².